The average Bonchev–Trinajstić information content (AvgIpc) is 2.58. The van der Waals surface area contributed by atoms with E-state index < -0.39 is 10.8 Å². The van der Waals surface area contributed by atoms with Gasteiger partial charge in [0.2, 0.25) is 0 Å². The molecule has 0 aromatic heterocycles. The summed E-state index contributed by atoms with van der Waals surface area (Å²) < 4.78 is 5.16. The molecule has 0 aliphatic heterocycles. The fourth-order valence-corrected chi connectivity index (χ4v) is 2.07. The summed E-state index contributed by atoms with van der Waals surface area (Å²) in [6.07, 6.45) is 2.53. The highest BCUT2D eigenvalue weighted by atomic mass is 16.6. The second kappa shape index (κ2) is 10.1. The van der Waals surface area contributed by atoms with Crippen LogP contribution in [0.3, 0.4) is 0 Å². The molecule has 7 nitrogen and oxygen atoms in total. The Hall–Kier alpha value is -2.72. The van der Waals surface area contributed by atoms with Gasteiger partial charge in [-0.15, -0.1) is 0 Å². The molecule has 24 heavy (non-hydrogen) atoms. The lowest BCUT2D eigenvalue weighted by Gasteiger charge is -2.05. The zero-order chi connectivity index (χ0) is 17.9. The van der Waals surface area contributed by atoms with E-state index in [2.05, 4.69) is 5.32 Å². The number of nitrogens with zero attached hydrogens (tertiary/aromatic N) is 2. The van der Waals surface area contributed by atoms with E-state index in [1.54, 1.807) is 12.1 Å². The molecule has 0 unspecified atom stereocenters. The standard InChI is InChI=1S/C17H21N3O4/c1-3-14-7-6-13(11-16(14)20(22)23)10-15(12-18)17(21)19-8-5-9-24-4-2/h6-7,10-11H,3-5,8-9H2,1-2H3,(H,19,21)/b15-10+. The van der Waals surface area contributed by atoms with E-state index in [0.29, 0.717) is 43.7 Å². The quantitative estimate of drug-likeness (QED) is 0.246. The molecule has 0 atom stereocenters. The summed E-state index contributed by atoms with van der Waals surface area (Å²) >= 11 is 0. The molecule has 1 rings (SSSR count). The summed E-state index contributed by atoms with van der Waals surface area (Å²) in [4.78, 5) is 22.6. The number of benzene rings is 1. The van der Waals surface area contributed by atoms with Gasteiger partial charge in [-0.3, -0.25) is 14.9 Å². The first kappa shape index (κ1) is 19.3. The van der Waals surface area contributed by atoms with E-state index in [-0.39, 0.29) is 11.3 Å². The number of nitriles is 1. The van der Waals surface area contributed by atoms with E-state index >= 15 is 0 Å². The fraction of sp³-hybridized carbons (Fsp3) is 0.412. The van der Waals surface area contributed by atoms with Crippen molar-refractivity contribution in [2.45, 2.75) is 26.7 Å². The van der Waals surface area contributed by atoms with Crippen LogP contribution in [0.1, 0.15) is 31.4 Å². The Bertz CT molecular complexity index is 662. The van der Waals surface area contributed by atoms with Crippen molar-refractivity contribution in [2.75, 3.05) is 19.8 Å². The van der Waals surface area contributed by atoms with Gasteiger partial charge in [0.1, 0.15) is 11.6 Å². The number of nitro groups is 1. The number of ether oxygens (including phenoxy) is 1. The SMILES string of the molecule is CCOCCCNC(=O)/C(C#N)=C/c1ccc(CC)c([N+](=O)[O-])c1. The number of nitrogens with one attached hydrogen (secondary N) is 1. The van der Waals surface area contributed by atoms with Gasteiger partial charge in [0, 0.05) is 31.4 Å². The van der Waals surface area contributed by atoms with Crippen LogP contribution in [0.2, 0.25) is 0 Å². The predicted octanol–water partition coefficient (Wildman–Crippen LogP) is 2.61. The molecule has 0 saturated heterocycles. The van der Waals surface area contributed by atoms with Crippen LogP contribution in [-0.4, -0.2) is 30.6 Å². The molecule has 0 saturated carbocycles. The number of hydrogen-bond donors (Lipinski definition) is 1. The normalized spacial score (nSPS) is 11.0. The van der Waals surface area contributed by atoms with Gasteiger partial charge < -0.3 is 10.1 Å². The molecule has 128 valence electrons. The lowest BCUT2D eigenvalue weighted by molar-refractivity contribution is -0.385. The van der Waals surface area contributed by atoms with Gasteiger partial charge in [-0.1, -0.05) is 19.1 Å². The first-order valence-corrected chi connectivity index (χ1v) is 7.78. The third-order valence-corrected chi connectivity index (χ3v) is 3.32. The van der Waals surface area contributed by atoms with Crippen molar-refractivity contribution < 1.29 is 14.5 Å². The first-order valence-electron chi connectivity index (χ1n) is 7.78. The topological polar surface area (TPSA) is 105 Å². The van der Waals surface area contributed by atoms with Crippen LogP contribution in [0.15, 0.2) is 23.8 Å². The molecule has 1 aromatic carbocycles. The number of carbonyl (C=O) groups is 1. The van der Waals surface area contributed by atoms with Gasteiger partial charge in [-0.25, -0.2) is 0 Å². The van der Waals surface area contributed by atoms with Crippen molar-refractivity contribution in [1.29, 1.82) is 5.26 Å². The minimum Gasteiger partial charge on any atom is -0.382 e. The van der Waals surface area contributed by atoms with Gasteiger partial charge in [0.25, 0.3) is 11.6 Å². The zero-order valence-corrected chi connectivity index (χ0v) is 13.9. The number of aryl methyl sites for hydroxylation is 1. The van der Waals surface area contributed by atoms with Crippen LogP contribution in [0, 0.1) is 21.4 Å². The molecular formula is C17H21N3O4. The Morgan fingerprint density at radius 3 is 2.79 bits per heavy atom. The third kappa shape index (κ3) is 5.82. The number of carbonyl (C=O) groups excluding carboxylic acids is 1. The number of amides is 1. The predicted molar refractivity (Wildman–Crippen MR) is 90.2 cm³/mol. The van der Waals surface area contributed by atoms with E-state index in [1.165, 1.54) is 12.1 Å². The van der Waals surface area contributed by atoms with Crippen molar-refractivity contribution >= 4 is 17.7 Å². The molecule has 0 heterocycles. The minimum absolute atomic E-state index is 0.0133. The van der Waals surface area contributed by atoms with Crippen LogP contribution < -0.4 is 5.32 Å². The van der Waals surface area contributed by atoms with Crippen molar-refractivity contribution in [1.82, 2.24) is 5.32 Å². The minimum atomic E-state index is -0.504. The Morgan fingerprint density at radius 2 is 2.21 bits per heavy atom. The van der Waals surface area contributed by atoms with Crippen LogP contribution in [0.5, 0.6) is 0 Å². The van der Waals surface area contributed by atoms with Crippen LogP contribution in [0.4, 0.5) is 5.69 Å². The smallest absolute Gasteiger partial charge is 0.273 e. The van der Waals surface area contributed by atoms with Crippen molar-refractivity contribution in [3.05, 3.63) is 45.0 Å². The number of rotatable bonds is 9. The van der Waals surface area contributed by atoms with Gasteiger partial charge in [0.05, 0.1) is 4.92 Å². The lowest BCUT2D eigenvalue weighted by atomic mass is 10.0. The molecule has 0 spiro atoms. The van der Waals surface area contributed by atoms with E-state index in [4.69, 9.17) is 10.00 Å². The number of nitro benzene ring substituents is 1. The van der Waals surface area contributed by atoms with E-state index in [1.807, 2.05) is 19.9 Å². The van der Waals surface area contributed by atoms with Crippen LogP contribution in [0.25, 0.3) is 6.08 Å². The highest BCUT2D eigenvalue weighted by Crippen LogP contribution is 2.22. The highest BCUT2D eigenvalue weighted by molar-refractivity contribution is 6.01. The largest absolute Gasteiger partial charge is 0.382 e. The first-order chi connectivity index (χ1) is 11.5. The molecule has 1 amide bonds. The van der Waals surface area contributed by atoms with Gasteiger partial charge >= 0.3 is 0 Å². The molecule has 0 radical (unpaired) electrons. The maximum absolute atomic E-state index is 12.0. The maximum atomic E-state index is 12.0. The monoisotopic (exact) mass is 331 g/mol. The Kier molecular flexibility index (Phi) is 8.16. The van der Waals surface area contributed by atoms with Gasteiger partial charge in [0.15, 0.2) is 0 Å². The summed E-state index contributed by atoms with van der Waals surface area (Å²) in [7, 11) is 0. The second-order valence-electron chi connectivity index (χ2n) is 4.98. The van der Waals surface area contributed by atoms with Crippen molar-refractivity contribution in [3.8, 4) is 6.07 Å². The van der Waals surface area contributed by atoms with Gasteiger partial charge in [-0.05, 0) is 31.4 Å². The van der Waals surface area contributed by atoms with Crippen molar-refractivity contribution in [2.24, 2.45) is 0 Å². The lowest BCUT2D eigenvalue weighted by Crippen LogP contribution is -2.26. The summed E-state index contributed by atoms with van der Waals surface area (Å²) in [6, 6.07) is 6.50. The molecule has 1 N–H and O–H groups in total. The highest BCUT2D eigenvalue weighted by Gasteiger charge is 2.14. The van der Waals surface area contributed by atoms with E-state index in [0.717, 1.165) is 0 Å². The third-order valence-electron chi connectivity index (χ3n) is 3.32. The van der Waals surface area contributed by atoms with Crippen LogP contribution in [-0.2, 0) is 16.0 Å². The molecule has 1 aromatic rings. The Labute approximate surface area is 141 Å². The molecule has 0 bridgehead atoms. The Balaban J connectivity index is 2.84. The van der Waals surface area contributed by atoms with Gasteiger partial charge in [-0.2, -0.15) is 5.26 Å². The summed E-state index contributed by atoms with van der Waals surface area (Å²) in [5.41, 5.74) is 0.946. The van der Waals surface area contributed by atoms with E-state index in [9.17, 15) is 14.9 Å². The van der Waals surface area contributed by atoms with Crippen LogP contribution >= 0.6 is 0 Å². The average molecular weight is 331 g/mol. The van der Waals surface area contributed by atoms with Crippen molar-refractivity contribution in [3.63, 3.8) is 0 Å². The molecule has 0 aliphatic rings. The maximum Gasteiger partial charge on any atom is 0.273 e. The number of hydrogen-bond acceptors (Lipinski definition) is 5. The summed E-state index contributed by atoms with van der Waals surface area (Å²) in [5.74, 6) is -0.504. The molecule has 7 heteroatoms. The molecule has 0 aliphatic carbocycles. The molecular weight excluding hydrogens is 310 g/mol. The second-order valence-corrected chi connectivity index (χ2v) is 4.98. The zero-order valence-electron chi connectivity index (χ0n) is 13.9. The summed E-state index contributed by atoms with van der Waals surface area (Å²) in [6.45, 7) is 5.26. The Morgan fingerprint density at radius 1 is 1.46 bits per heavy atom. The summed E-state index contributed by atoms with van der Waals surface area (Å²) in [5, 5.41) is 22.8. The molecule has 0 fully saturated rings. The fourth-order valence-electron chi connectivity index (χ4n) is 2.07.